The SMILES string of the molecule is CC(=O)NCC(=O)N1CCC[C@]2(CCN(c3cccnc3)C2=O)C1. The highest BCUT2D eigenvalue weighted by Crippen LogP contribution is 2.41. The molecule has 1 aromatic heterocycles. The summed E-state index contributed by atoms with van der Waals surface area (Å²) in [6.45, 7) is 3.10. The molecule has 0 bridgehead atoms. The predicted molar refractivity (Wildman–Crippen MR) is 88.1 cm³/mol. The van der Waals surface area contributed by atoms with Crippen molar-refractivity contribution in [1.82, 2.24) is 15.2 Å². The Bertz CT molecular complexity index is 648. The molecule has 7 heteroatoms. The van der Waals surface area contributed by atoms with Crippen LogP contribution < -0.4 is 10.2 Å². The third-order valence-electron chi connectivity index (χ3n) is 4.89. The van der Waals surface area contributed by atoms with Gasteiger partial charge in [-0.15, -0.1) is 0 Å². The lowest BCUT2D eigenvalue weighted by Gasteiger charge is -2.39. The third kappa shape index (κ3) is 3.11. The van der Waals surface area contributed by atoms with Gasteiger partial charge in [0.1, 0.15) is 0 Å². The van der Waals surface area contributed by atoms with Crippen LogP contribution in [0.2, 0.25) is 0 Å². The Hall–Kier alpha value is -2.44. The molecule has 2 fully saturated rings. The summed E-state index contributed by atoms with van der Waals surface area (Å²) in [5.74, 6) is -0.279. The van der Waals surface area contributed by atoms with E-state index in [-0.39, 0.29) is 24.3 Å². The molecule has 3 heterocycles. The number of hydrogen-bond donors (Lipinski definition) is 1. The van der Waals surface area contributed by atoms with Crippen LogP contribution in [-0.4, -0.2) is 53.8 Å². The van der Waals surface area contributed by atoms with Gasteiger partial charge in [-0.2, -0.15) is 0 Å². The second kappa shape index (κ2) is 6.59. The number of nitrogens with one attached hydrogen (secondary N) is 1. The Morgan fingerprint density at radius 3 is 2.88 bits per heavy atom. The maximum Gasteiger partial charge on any atom is 0.241 e. The first-order chi connectivity index (χ1) is 11.5. The molecule has 1 N–H and O–H groups in total. The van der Waals surface area contributed by atoms with Gasteiger partial charge >= 0.3 is 0 Å². The molecule has 128 valence electrons. The summed E-state index contributed by atoms with van der Waals surface area (Å²) in [4.78, 5) is 43.8. The molecular formula is C17H22N4O3. The summed E-state index contributed by atoms with van der Waals surface area (Å²) in [7, 11) is 0. The Balaban J connectivity index is 1.70. The molecule has 3 amide bonds. The van der Waals surface area contributed by atoms with Crippen LogP contribution in [-0.2, 0) is 14.4 Å². The van der Waals surface area contributed by atoms with E-state index >= 15 is 0 Å². The van der Waals surface area contributed by atoms with Crippen LogP contribution in [0.15, 0.2) is 24.5 Å². The van der Waals surface area contributed by atoms with Crippen molar-refractivity contribution in [2.45, 2.75) is 26.2 Å². The molecule has 0 aromatic carbocycles. The molecule has 0 saturated carbocycles. The summed E-state index contributed by atoms with van der Waals surface area (Å²) in [5.41, 5.74) is 0.307. The summed E-state index contributed by atoms with van der Waals surface area (Å²) >= 11 is 0. The number of pyridine rings is 1. The number of carbonyl (C=O) groups excluding carboxylic acids is 3. The minimum atomic E-state index is -0.500. The number of nitrogens with zero attached hydrogens (tertiary/aromatic N) is 3. The Labute approximate surface area is 141 Å². The molecule has 2 aliphatic rings. The van der Waals surface area contributed by atoms with Crippen molar-refractivity contribution in [3.8, 4) is 0 Å². The molecule has 0 radical (unpaired) electrons. The second-order valence-electron chi connectivity index (χ2n) is 6.53. The number of hydrogen-bond acceptors (Lipinski definition) is 4. The number of anilines is 1. The van der Waals surface area contributed by atoms with Gasteiger partial charge in [0.25, 0.3) is 0 Å². The molecule has 24 heavy (non-hydrogen) atoms. The molecule has 1 atom stereocenters. The summed E-state index contributed by atoms with van der Waals surface area (Å²) in [6.07, 6.45) is 5.72. The predicted octanol–water partition coefficient (Wildman–Crippen LogP) is 0.563. The van der Waals surface area contributed by atoms with Crippen molar-refractivity contribution in [2.24, 2.45) is 5.41 Å². The number of amides is 3. The average Bonchev–Trinajstić information content (AvgIpc) is 2.90. The summed E-state index contributed by atoms with van der Waals surface area (Å²) in [6, 6.07) is 3.70. The van der Waals surface area contributed by atoms with Gasteiger partial charge in [-0.3, -0.25) is 19.4 Å². The molecule has 1 spiro atoms. The van der Waals surface area contributed by atoms with Crippen LogP contribution in [0.1, 0.15) is 26.2 Å². The van der Waals surface area contributed by atoms with Crippen LogP contribution in [0.25, 0.3) is 0 Å². The van der Waals surface area contributed by atoms with Gasteiger partial charge in [0, 0.05) is 32.8 Å². The van der Waals surface area contributed by atoms with E-state index in [4.69, 9.17) is 0 Å². The highest BCUT2D eigenvalue weighted by atomic mass is 16.2. The van der Waals surface area contributed by atoms with Crippen LogP contribution in [0.4, 0.5) is 5.69 Å². The first-order valence-electron chi connectivity index (χ1n) is 8.26. The molecular weight excluding hydrogens is 308 g/mol. The van der Waals surface area contributed by atoms with Crippen molar-refractivity contribution < 1.29 is 14.4 Å². The molecule has 0 aliphatic carbocycles. The van der Waals surface area contributed by atoms with Gasteiger partial charge in [-0.1, -0.05) is 0 Å². The first-order valence-corrected chi connectivity index (χ1v) is 8.26. The highest BCUT2D eigenvalue weighted by molar-refractivity contribution is 6.00. The van der Waals surface area contributed by atoms with Crippen LogP contribution in [0.3, 0.4) is 0 Å². The van der Waals surface area contributed by atoms with Crippen LogP contribution >= 0.6 is 0 Å². The van der Waals surface area contributed by atoms with Gasteiger partial charge in [0.2, 0.25) is 17.7 Å². The van der Waals surface area contributed by atoms with E-state index in [1.807, 2.05) is 12.1 Å². The zero-order valence-electron chi connectivity index (χ0n) is 13.8. The Morgan fingerprint density at radius 1 is 1.33 bits per heavy atom. The van der Waals surface area contributed by atoms with E-state index in [2.05, 4.69) is 10.3 Å². The maximum absolute atomic E-state index is 13.0. The first kappa shape index (κ1) is 16.4. The molecule has 2 aliphatic heterocycles. The second-order valence-corrected chi connectivity index (χ2v) is 6.53. The van der Waals surface area contributed by atoms with E-state index in [0.717, 1.165) is 24.9 Å². The number of piperidine rings is 1. The largest absolute Gasteiger partial charge is 0.347 e. The fraction of sp³-hybridized carbons (Fsp3) is 0.529. The van der Waals surface area contributed by atoms with Crippen molar-refractivity contribution >= 4 is 23.4 Å². The summed E-state index contributed by atoms with van der Waals surface area (Å²) < 4.78 is 0. The van der Waals surface area contributed by atoms with Gasteiger partial charge in [-0.25, -0.2) is 0 Å². The van der Waals surface area contributed by atoms with E-state index in [1.165, 1.54) is 6.92 Å². The van der Waals surface area contributed by atoms with Crippen molar-refractivity contribution in [2.75, 3.05) is 31.1 Å². The maximum atomic E-state index is 13.0. The fourth-order valence-electron chi connectivity index (χ4n) is 3.62. The molecule has 7 nitrogen and oxygen atoms in total. The van der Waals surface area contributed by atoms with Crippen molar-refractivity contribution in [3.63, 3.8) is 0 Å². The van der Waals surface area contributed by atoms with Gasteiger partial charge in [0.15, 0.2) is 0 Å². The van der Waals surface area contributed by atoms with Crippen LogP contribution in [0, 0.1) is 5.41 Å². The smallest absolute Gasteiger partial charge is 0.241 e. The molecule has 2 saturated heterocycles. The van der Waals surface area contributed by atoms with E-state index in [0.29, 0.717) is 19.6 Å². The zero-order chi connectivity index (χ0) is 17.2. The van der Waals surface area contributed by atoms with Gasteiger partial charge < -0.3 is 15.1 Å². The lowest BCUT2D eigenvalue weighted by Crippen LogP contribution is -2.51. The van der Waals surface area contributed by atoms with Crippen LogP contribution in [0.5, 0.6) is 0 Å². The minimum Gasteiger partial charge on any atom is -0.347 e. The quantitative estimate of drug-likeness (QED) is 0.878. The zero-order valence-corrected chi connectivity index (χ0v) is 13.8. The summed E-state index contributed by atoms with van der Waals surface area (Å²) in [5, 5.41) is 2.53. The standard InChI is InChI=1S/C17H22N4O3/c1-13(22)19-11-15(23)20-8-3-5-17(12-20)6-9-21(16(17)24)14-4-2-7-18-10-14/h2,4,7,10H,3,5-6,8-9,11-12H2,1H3,(H,19,22)/t17-/m0/s1. The minimum absolute atomic E-state index is 0.00801. The number of likely N-dealkylation sites (tertiary alicyclic amines) is 1. The number of rotatable bonds is 3. The molecule has 3 rings (SSSR count). The topological polar surface area (TPSA) is 82.6 Å². The number of aromatic nitrogens is 1. The van der Waals surface area contributed by atoms with E-state index in [1.54, 1.807) is 22.2 Å². The Morgan fingerprint density at radius 2 is 2.17 bits per heavy atom. The van der Waals surface area contributed by atoms with E-state index < -0.39 is 5.41 Å². The lowest BCUT2D eigenvalue weighted by molar-refractivity contribution is -0.139. The van der Waals surface area contributed by atoms with E-state index in [9.17, 15) is 14.4 Å². The van der Waals surface area contributed by atoms with Crippen molar-refractivity contribution in [1.29, 1.82) is 0 Å². The fourth-order valence-corrected chi connectivity index (χ4v) is 3.62. The monoisotopic (exact) mass is 330 g/mol. The molecule has 0 unspecified atom stereocenters. The number of carbonyl (C=O) groups is 3. The third-order valence-corrected chi connectivity index (χ3v) is 4.89. The van der Waals surface area contributed by atoms with Gasteiger partial charge in [0.05, 0.1) is 23.8 Å². The normalized spacial score (nSPS) is 23.6. The molecule has 1 aromatic rings. The van der Waals surface area contributed by atoms with Crippen molar-refractivity contribution in [3.05, 3.63) is 24.5 Å². The average molecular weight is 330 g/mol. The van der Waals surface area contributed by atoms with Gasteiger partial charge in [-0.05, 0) is 31.4 Å². The highest BCUT2D eigenvalue weighted by Gasteiger charge is 2.49. The Kier molecular flexibility index (Phi) is 4.51. The lowest BCUT2D eigenvalue weighted by atomic mass is 9.78.